The van der Waals surface area contributed by atoms with Crippen molar-refractivity contribution < 1.29 is 4.79 Å². The van der Waals surface area contributed by atoms with Crippen molar-refractivity contribution in [1.82, 2.24) is 10.2 Å². The smallest absolute Gasteiger partial charge is 0.252 e. The van der Waals surface area contributed by atoms with Gasteiger partial charge in [-0.1, -0.05) is 24.3 Å². The molecule has 1 amide bonds. The standard InChI is InChI=1S/C20H23N3OS/c1-23(2)13-5-12-22-20(24)18-6-3-4-7-19(18)25-15-17-10-8-16(14-21)9-11-17/h3-4,6-11H,5,12-13,15H2,1-2H3,(H,22,24). The number of carbonyl (C=O) groups excluding carboxylic acids is 1. The summed E-state index contributed by atoms with van der Waals surface area (Å²) in [6.07, 6.45) is 0.930. The first-order valence-corrected chi connectivity index (χ1v) is 9.22. The van der Waals surface area contributed by atoms with Crippen LogP contribution in [0.1, 0.15) is 27.9 Å². The summed E-state index contributed by atoms with van der Waals surface area (Å²) in [5, 5.41) is 11.8. The zero-order chi connectivity index (χ0) is 18.1. The van der Waals surface area contributed by atoms with Crippen molar-refractivity contribution in [3.63, 3.8) is 0 Å². The number of hydrogen-bond donors (Lipinski definition) is 1. The monoisotopic (exact) mass is 353 g/mol. The lowest BCUT2D eigenvalue weighted by Crippen LogP contribution is -2.27. The largest absolute Gasteiger partial charge is 0.352 e. The zero-order valence-electron chi connectivity index (χ0n) is 14.7. The lowest BCUT2D eigenvalue weighted by molar-refractivity contribution is 0.0949. The van der Waals surface area contributed by atoms with Crippen molar-refractivity contribution in [2.75, 3.05) is 27.2 Å². The molecule has 0 aliphatic heterocycles. The van der Waals surface area contributed by atoms with Crippen LogP contribution < -0.4 is 5.32 Å². The summed E-state index contributed by atoms with van der Waals surface area (Å²) in [6, 6.07) is 17.3. The van der Waals surface area contributed by atoms with Crippen LogP contribution in [0.3, 0.4) is 0 Å². The number of nitrogens with zero attached hydrogens (tertiary/aromatic N) is 2. The fourth-order valence-corrected chi connectivity index (χ4v) is 3.31. The first kappa shape index (κ1) is 19.0. The minimum atomic E-state index is -0.0262. The van der Waals surface area contributed by atoms with Gasteiger partial charge < -0.3 is 10.2 Å². The molecule has 0 aliphatic carbocycles. The molecular formula is C20H23N3OS. The lowest BCUT2D eigenvalue weighted by Gasteiger charge is -2.12. The van der Waals surface area contributed by atoms with Crippen LogP contribution >= 0.6 is 11.8 Å². The highest BCUT2D eigenvalue weighted by Gasteiger charge is 2.11. The summed E-state index contributed by atoms with van der Waals surface area (Å²) in [5.74, 6) is 0.734. The van der Waals surface area contributed by atoms with E-state index in [-0.39, 0.29) is 5.91 Å². The molecule has 0 aliphatic rings. The lowest BCUT2D eigenvalue weighted by atomic mass is 10.2. The number of carbonyl (C=O) groups is 1. The van der Waals surface area contributed by atoms with Gasteiger partial charge in [-0.15, -0.1) is 11.8 Å². The number of rotatable bonds is 8. The molecule has 0 saturated carbocycles. The third kappa shape index (κ3) is 6.26. The summed E-state index contributed by atoms with van der Waals surface area (Å²) in [7, 11) is 4.05. The highest BCUT2D eigenvalue weighted by Crippen LogP contribution is 2.26. The van der Waals surface area contributed by atoms with E-state index >= 15 is 0 Å². The molecule has 0 saturated heterocycles. The van der Waals surface area contributed by atoms with Crippen molar-refractivity contribution in [2.24, 2.45) is 0 Å². The summed E-state index contributed by atoms with van der Waals surface area (Å²) in [4.78, 5) is 15.5. The molecule has 130 valence electrons. The van der Waals surface area contributed by atoms with Gasteiger partial charge in [-0.25, -0.2) is 0 Å². The van der Waals surface area contributed by atoms with E-state index in [1.54, 1.807) is 11.8 Å². The Morgan fingerprint density at radius 3 is 2.56 bits per heavy atom. The SMILES string of the molecule is CN(C)CCCNC(=O)c1ccccc1SCc1ccc(C#N)cc1. The molecule has 2 aromatic carbocycles. The minimum absolute atomic E-state index is 0.0262. The fraction of sp³-hybridized carbons (Fsp3) is 0.300. The van der Waals surface area contributed by atoms with Gasteiger partial charge in [0.15, 0.2) is 0 Å². The van der Waals surface area contributed by atoms with Crippen LogP contribution in [0.2, 0.25) is 0 Å². The molecule has 2 aromatic rings. The Balaban J connectivity index is 1.94. The predicted molar refractivity (Wildman–Crippen MR) is 103 cm³/mol. The molecule has 0 fully saturated rings. The van der Waals surface area contributed by atoms with Crippen LogP contribution in [0, 0.1) is 11.3 Å². The molecule has 0 spiro atoms. The Morgan fingerprint density at radius 1 is 1.16 bits per heavy atom. The Bertz CT molecular complexity index is 735. The van der Waals surface area contributed by atoms with Crippen LogP contribution in [0.25, 0.3) is 0 Å². The molecule has 2 rings (SSSR count). The van der Waals surface area contributed by atoms with Crippen LogP contribution in [-0.4, -0.2) is 38.0 Å². The van der Waals surface area contributed by atoms with Gasteiger partial charge in [-0.2, -0.15) is 5.26 Å². The number of nitriles is 1. The van der Waals surface area contributed by atoms with Gasteiger partial charge in [0.1, 0.15) is 0 Å². The quantitative estimate of drug-likeness (QED) is 0.583. The minimum Gasteiger partial charge on any atom is -0.352 e. The maximum absolute atomic E-state index is 12.4. The number of amides is 1. The first-order chi connectivity index (χ1) is 12.1. The second kappa shape index (κ2) is 9.87. The van der Waals surface area contributed by atoms with E-state index in [0.29, 0.717) is 17.7 Å². The van der Waals surface area contributed by atoms with Gasteiger partial charge in [-0.3, -0.25) is 4.79 Å². The highest BCUT2D eigenvalue weighted by molar-refractivity contribution is 7.98. The molecule has 0 heterocycles. The Morgan fingerprint density at radius 2 is 1.88 bits per heavy atom. The molecule has 0 atom stereocenters. The molecule has 1 N–H and O–H groups in total. The van der Waals surface area contributed by atoms with E-state index in [9.17, 15) is 4.79 Å². The number of thioether (sulfide) groups is 1. The summed E-state index contributed by atoms with van der Waals surface area (Å²) in [5.41, 5.74) is 2.50. The molecule has 0 bridgehead atoms. The van der Waals surface area contributed by atoms with Gasteiger partial charge in [0.25, 0.3) is 5.91 Å². The molecule has 25 heavy (non-hydrogen) atoms. The first-order valence-electron chi connectivity index (χ1n) is 8.24. The van der Waals surface area contributed by atoms with Crippen LogP contribution in [0.5, 0.6) is 0 Å². The van der Waals surface area contributed by atoms with Gasteiger partial charge in [0.05, 0.1) is 17.2 Å². The number of hydrogen-bond acceptors (Lipinski definition) is 4. The molecule has 0 unspecified atom stereocenters. The van der Waals surface area contributed by atoms with E-state index in [1.165, 1.54) is 0 Å². The van der Waals surface area contributed by atoms with Crippen LogP contribution in [0.4, 0.5) is 0 Å². The number of benzene rings is 2. The molecule has 0 radical (unpaired) electrons. The average Bonchev–Trinajstić information content (AvgIpc) is 2.64. The molecule has 4 nitrogen and oxygen atoms in total. The fourth-order valence-electron chi connectivity index (χ4n) is 2.31. The van der Waals surface area contributed by atoms with Gasteiger partial charge in [0.2, 0.25) is 0 Å². The van der Waals surface area contributed by atoms with Crippen LogP contribution in [0.15, 0.2) is 53.4 Å². The third-order valence-electron chi connectivity index (χ3n) is 3.68. The second-order valence-electron chi connectivity index (χ2n) is 6.01. The van der Waals surface area contributed by atoms with Crippen molar-refractivity contribution in [2.45, 2.75) is 17.1 Å². The van der Waals surface area contributed by atoms with Gasteiger partial charge >= 0.3 is 0 Å². The normalized spacial score (nSPS) is 10.5. The summed E-state index contributed by atoms with van der Waals surface area (Å²) in [6.45, 7) is 1.63. The van der Waals surface area contributed by atoms with Crippen molar-refractivity contribution >= 4 is 17.7 Å². The van der Waals surface area contributed by atoms with Gasteiger partial charge in [0, 0.05) is 17.2 Å². The van der Waals surface area contributed by atoms with Crippen molar-refractivity contribution in [1.29, 1.82) is 5.26 Å². The Labute approximate surface area is 153 Å². The van der Waals surface area contributed by atoms with E-state index in [2.05, 4.69) is 16.3 Å². The van der Waals surface area contributed by atoms with Crippen molar-refractivity contribution in [3.8, 4) is 6.07 Å². The maximum Gasteiger partial charge on any atom is 0.252 e. The Kier molecular flexibility index (Phi) is 7.52. The molecular weight excluding hydrogens is 330 g/mol. The van der Waals surface area contributed by atoms with E-state index in [4.69, 9.17) is 5.26 Å². The Hall–Kier alpha value is -2.29. The second-order valence-corrected chi connectivity index (χ2v) is 7.02. The highest BCUT2D eigenvalue weighted by atomic mass is 32.2. The van der Waals surface area contributed by atoms with E-state index < -0.39 is 0 Å². The van der Waals surface area contributed by atoms with Crippen molar-refractivity contribution in [3.05, 3.63) is 65.2 Å². The van der Waals surface area contributed by atoms with E-state index in [0.717, 1.165) is 29.2 Å². The predicted octanol–water partition coefficient (Wildman–Crippen LogP) is 3.53. The summed E-state index contributed by atoms with van der Waals surface area (Å²) < 4.78 is 0. The third-order valence-corrected chi connectivity index (χ3v) is 4.82. The average molecular weight is 353 g/mol. The topological polar surface area (TPSA) is 56.1 Å². The molecule has 5 heteroatoms. The maximum atomic E-state index is 12.4. The van der Waals surface area contributed by atoms with Gasteiger partial charge in [-0.05, 0) is 56.9 Å². The van der Waals surface area contributed by atoms with E-state index in [1.807, 2.05) is 62.6 Å². The van der Waals surface area contributed by atoms with Crippen LogP contribution in [-0.2, 0) is 5.75 Å². The summed E-state index contributed by atoms with van der Waals surface area (Å²) >= 11 is 1.63. The molecule has 0 aromatic heterocycles. The zero-order valence-corrected chi connectivity index (χ0v) is 15.5. The number of nitrogens with one attached hydrogen (secondary N) is 1.